The molecule has 2 N–H and O–H groups in total. The molecule has 0 radical (unpaired) electrons. The van der Waals surface area contributed by atoms with Gasteiger partial charge in [0.15, 0.2) is 0 Å². The average Bonchev–Trinajstić information content (AvgIpc) is 2.45. The van der Waals surface area contributed by atoms with Crippen LogP contribution in [0.5, 0.6) is 5.75 Å². The molecule has 0 aliphatic rings. The van der Waals surface area contributed by atoms with E-state index in [-0.39, 0.29) is 12.1 Å². The third kappa shape index (κ3) is 3.53. The van der Waals surface area contributed by atoms with Crippen LogP contribution in [0.3, 0.4) is 0 Å². The van der Waals surface area contributed by atoms with E-state index in [1.807, 2.05) is 36.4 Å². The molecule has 0 saturated heterocycles. The molecule has 0 spiro atoms. The van der Waals surface area contributed by atoms with Crippen LogP contribution in [0.4, 0.5) is 0 Å². The fourth-order valence-corrected chi connectivity index (χ4v) is 2.37. The van der Waals surface area contributed by atoms with Crippen LogP contribution in [0.15, 0.2) is 48.5 Å². The molecule has 0 aliphatic carbocycles. The predicted octanol–water partition coefficient (Wildman–Crippen LogP) is 4.51. The van der Waals surface area contributed by atoms with Crippen LogP contribution in [0.25, 0.3) is 0 Å². The second-order valence-electron chi connectivity index (χ2n) is 4.92. The summed E-state index contributed by atoms with van der Waals surface area (Å²) >= 11 is 6.01. The molecule has 2 aromatic rings. The summed E-state index contributed by atoms with van der Waals surface area (Å²) in [5, 5.41) is 0.663. The summed E-state index contributed by atoms with van der Waals surface area (Å²) in [6.45, 7) is 4.14. The van der Waals surface area contributed by atoms with Gasteiger partial charge in [0.05, 0.1) is 0 Å². The second-order valence-corrected chi connectivity index (χ2v) is 5.36. The van der Waals surface area contributed by atoms with Gasteiger partial charge in [-0.2, -0.15) is 0 Å². The van der Waals surface area contributed by atoms with Gasteiger partial charge < -0.3 is 10.5 Å². The van der Waals surface area contributed by atoms with Crippen LogP contribution < -0.4 is 10.5 Å². The maximum absolute atomic E-state index is 6.25. The first-order valence-electron chi connectivity index (χ1n) is 6.85. The maximum Gasteiger partial charge on any atom is 0.139 e. The molecule has 2 nitrogen and oxygen atoms in total. The van der Waals surface area contributed by atoms with Crippen LogP contribution in [0.2, 0.25) is 5.02 Å². The molecule has 2 rings (SSSR count). The first kappa shape index (κ1) is 14.9. The summed E-state index contributed by atoms with van der Waals surface area (Å²) in [6.07, 6.45) is 0.680. The SMILES string of the molecule is CCC(N)C(Oc1cccc(Cl)c1)c1ccccc1C. The lowest BCUT2D eigenvalue weighted by molar-refractivity contribution is 0.170. The monoisotopic (exact) mass is 289 g/mol. The van der Waals surface area contributed by atoms with Crippen molar-refractivity contribution in [1.82, 2.24) is 0 Å². The van der Waals surface area contributed by atoms with E-state index in [2.05, 4.69) is 26.0 Å². The summed E-state index contributed by atoms with van der Waals surface area (Å²) in [7, 11) is 0. The summed E-state index contributed by atoms with van der Waals surface area (Å²) < 4.78 is 6.11. The van der Waals surface area contributed by atoms with Gasteiger partial charge >= 0.3 is 0 Å². The molecule has 2 atom stereocenters. The Labute approximate surface area is 125 Å². The van der Waals surface area contributed by atoms with Crippen LogP contribution in [-0.4, -0.2) is 6.04 Å². The highest BCUT2D eigenvalue weighted by atomic mass is 35.5. The van der Waals surface area contributed by atoms with Crippen molar-refractivity contribution in [3.05, 3.63) is 64.7 Å². The Balaban J connectivity index is 2.32. The van der Waals surface area contributed by atoms with Crippen molar-refractivity contribution in [1.29, 1.82) is 0 Å². The van der Waals surface area contributed by atoms with Gasteiger partial charge in [-0.25, -0.2) is 0 Å². The molecule has 0 aromatic heterocycles. The van der Waals surface area contributed by atoms with Crippen LogP contribution in [-0.2, 0) is 0 Å². The summed E-state index contributed by atoms with van der Waals surface area (Å²) in [5.74, 6) is 0.745. The first-order chi connectivity index (χ1) is 9.61. The Morgan fingerprint density at radius 3 is 2.55 bits per heavy atom. The third-order valence-electron chi connectivity index (χ3n) is 3.41. The largest absolute Gasteiger partial charge is 0.484 e. The van der Waals surface area contributed by atoms with Crippen molar-refractivity contribution in [2.75, 3.05) is 0 Å². The van der Waals surface area contributed by atoms with E-state index in [9.17, 15) is 0 Å². The van der Waals surface area contributed by atoms with Gasteiger partial charge in [-0.15, -0.1) is 0 Å². The van der Waals surface area contributed by atoms with E-state index < -0.39 is 0 Å². The van der Waals surface area contributed by atoms with E-state index in [1.165, 1.54) is 5.56 Å². The van der Waals surface area contributed by atoms with Gasteiger partial charge in [0.2, 0.25) is 0 Å². The number of ether oxygens (including phenoxy) is 1. The fraction of sp³-hybridized carbons (Fsp3) is 0.294. The van der Waals surface area contributed by atoms with Gasteiger partial charge in [0.1, 0.15) is 11.9 Å². The number of hydrogen-bond donors (Lipinski definition) is 1. The Morgan fingerprint density at radius 1 is 1.15 bits per heavy atom. The Kier molecular flexibility index (Phi) is 5.05. The quantitative estimate of drug-likeness (QED) is 0.879. The molecular formula is C17H20ClNO. The van der Waals surface area contributed by atoms with Crippen molar-refractivity contribution in [3.8, 4) is 5.75 Å². The maximum atomic E-state index is 6.25. The van der Waals surface area contributed by atoms with Gasteiger partial charge in [0.25, 0.3) is 0 Å². The van der Waals surface area contributed by atoms with Gasteiger partial charge in [-0.1, -0.05) is 48.9 Å². The van der Waals surface area contributed by atoms with Crippen molar-refractivity contribution in [2.45, 2.75) is 32.4 Å². The third-order valence-corrected chi connectivity index (χ3v) is 3.65. The predicted molar refractivity (Wildman–Crippen MR) is 84.3 cm³/mol. The molecule has 0 heterocycles. The van der Waals surface area contributed by atoms with E-state index in [4.69, 9.17) is 22.1 Å². The Hall–Kier alpha value is -1.51. The summed E-state index contributed by atoms with van der Waals surface area (Å²) in [6, 6.07) is 15.5. The van der Waals surface area contributed by atoms with Gasteiger partial charge in [0, 0.05) is 11.1 Å². The molecule has 2 unspecified atom stereocenters. The zero-order valence-corrected chi connectivity index (χ0v) is 12.6. The van der Waals surface area contributed by atoms with Crippen molar-refractivity contribution in [2.24, 2.45) is 5.73 Å². The number of aryl methyl sites for hydroxylation is 1. The number of benzene rings is 2. The van der Waals surface area contributed by atoms with Gasteiger partial charge in [-0.3, -0.25) is 0 Å². The summed E-state index contributed by atoms with van der Waals surface area (Å²) in [5.41, 5.74) is 8.56. The second kappa shape index (κ2) is 6.78. The van der Waals surface area contributed by atoms with E-state index in [1.54, 1.807) is 0 Å². The number of halogens is 1. The summed E-state index contributed by atoms with van der Waals surface area (Å²) in [4.78, 5) is 0. The molecule has 2 aromatic carbocycles. The molecule has 20 heavy (non-hydrogen) atoms. The highest BCUT2D eigenvalue weighted by Gasteiger charge is 2.22. The van der Waals surface area contributed by atoms with Crippen LogP contribution in [0, 0.1) is 6.92 Å². The van der Waals surface area contributed by atoms with Gasteiger partial charge in [-0.05, 0) is 42.7 Å². The van der Waals surface area contributed by atoms with E-state index >= 15 is 0 Å². The number of rotatable bonds is 5. The normalized spacial score (nSPS) is 13.8. The highest BCUT2D eigenvalue weighted by molar-refractivity contribution is 6.30. The molecular weight excluding hydrogens is 270 g/mol. The minimum absolute atomic E-state index is 0.0601. The molecule has 0 amide bonds. The number of nitrogens with two attached hydrogens (primary N) is 1. The number of hydrogen-bond acceptors (Lipinski definition) is 2. The minimum atomic E-state index is -0.167. The zero-order chi connectivity index (χ0) is 14.5. The zero-order valence-electron chi connectivity index (χ0n) is 11.8. The topological polar surface area (TPSA) is 35.2 Å². The first-order valence-corrected chi connectivity index (χ1v) is 7.23. The van der Waals surface area contributed by atoms with Crippen molar-refractivity contribution in [3.63, 3.8) is 0 Å². The molecule has 106 valence electrons. The lowest BCUT2D eigenvalue weighted by Gasteiger charge is -2.26. The molecule has 0 bridgehead atoms. The molecule has 3 heteroatoms. The minimum Gasteiger partial charge on any atom is -0.484 e. The average molecular weight is 290 g/mol. The van der Waals surface area contributed by atoms with Crippen molar-refractivity contribution >= 4 is 11.6 Å². The fourth-order valence-electron chi connectivity index (χ4n) is 2.19. The smallest absolute Gasteiger partial charge is 0.139 e. The lowest BCUT2D eigenvalue weighted by atomic mass is 9.97. The standard InChI is InChI=1S/C17H20ClNO/c1-3-16(19)17(15-10-5-4-7-12(15)2)20-14-9-6-8-13(18)11-14/h4-11,16-17H,3,19H2,1-2H3. The van der Waals surface area contributed by atoms with E-state index in [0.29, 0.717) is 5.02 Å². The lowest BCUT2D eigenvalue weighted by Crippen LogP contribution is -2.32. The molecule has 0 fully saturated rings. The van der Waals surface area contributed by atoms with Crippen LogP contribution >= 0.6 is 11.6 Å². The molecule has 0 saturated carbocycles. The van der Waals surface area contributed by atoms with E-state index in [0.717, 1.165) is 17.7 Å². The Morgan fingerprint density at radius 2 is 1.90 bits per heavy atom. The Bertz CT molecular complexity index is 570. The van der Waals surface area contributed by atoms with Crippen LogP contribution in [0.1, 0.15) is 30.6 Å². The molecule has 0 aliphatic heterocycles. The van der Waals surface area contributed by atoms with Crippen molar-refractivity contribution < 1.29 is 4.74 Å². The highest BCUT2D eigenvalue weighted by Crippen LogP contribution is 2.28.